The Morgan fingerprint density at radius 2 is 1.90 bits per heavy atom. The van der Waals surface area contributed by atoms with Crippen LogP contribution in [0.4, 0.5) is 0 Å². The highest BCUT2D eigenvalue weighted by Crippen LogP contribution is 2.22. The maximum Gasteiger partial charge on any atom is 0.150 e. The monoisotopic (exact) mass is 349 g/mol. The number of sulfone groups is 1. The van der Waals surface area contributed by atoms with E-state index in [2.05, 4.69) is 12.2 Å². The molecule has 0 saturated heterocycles. The molecular weight excluding hydrogens is 326 g/mol. The number of hydrogen-bond acceptors (Lipinski definition) is 4. The molecule has 1 atom stereocenters. The summed E-state index contributed by atoms with van der Waals surface area (Å²) in [5.41, 5.74) is 0. The number of thioether (sulfide) groups is 1. The number of benzene rings is 1. The van der Waals surface area contributed by atoms with Gasteiger partial charge in [0.15, 0.2) is 0 Å². The van der Waals surface area contributed by atoms with E-state index >= 15 is 0 Å². The molecule has 0 aliphatic heterocycles. The van der Waals surface area contributed by atoms with Crippen LogP contribution in [0, 0.1) is 0 Å². The largest absolute Gasteiger partial charge is 0.313 e. The molecule has 1 rings (SSSR count). The lowest BCUT2D eigenvalue weighted by atomic mass is 10.2. The lowest BCUT2D eigenvalue weighted by molar-refractivity contribution is 0.527. The lowest BCUT2D eigenvalue weighted by Crippen LogP contribution is -2.31. The lowest BCUT2D eigenvalue weighted by Gasteiger charge is -2.17. The van der Waals surface area contributed by atoms with E-state index < -0.39 is 9.84 Å². The summed E-state index contributed by atoms with van der Waals surface area (Å²) in [4.78, 5) is 1.18. The Balaban J connectivity index is 2.40. The molecule has 0 saturated carbocycles. The zero-order chi connectivity index (χ0) is 15.7. The van der Waals surface area contributed by atoms with Crippen LogP contribution in [0.25, 0.3) is 0 Å². The van der Waals surface area contributed by atoms with Crippen LogP contribution < -0.4 is 5.32 Å². The van der Waals surface area contributed by atoms with E-state index in [-0.39, 0.29) is 11.5 Å². The molecule has 1 N–H and O–H groups in total. The van der Waals surface area contributed by atoms with Gasteiger partial charge in [0.05, 0.1) is 5.75 Å². The smallest absolute Gasteiger partial charge is 0.150 e. The van der Waals surface area contributed by atoms with E-state index in [1.807, 2.05) is 24.3 Å². The average Bonchev–Trinajstić information content (AvgIpc) is 2.46. The minimum Gasteiger partial charge on any atom is -0.313 e. The molecule has 1 unspecified atom stereocenters. The maximum atomic E-state index is 11.5. The summed E-state index contributed by atoms with van der Waals surface area (Å²) in [5.74, 6) is 1.46. The second-order valence-electron chi connectivity index (χ2n) is 4.90. The average molecular weight is 350 g/mol. The van der Waals surface area contributed by atoms with E-state index in [4.69, 9.17) is 11.6 Å². The Morgan fingerprint density at radius 1 is 1.24 bits per heavy atom. The highest BCUT2D eigenvalue weighted by molar-refractivity contribution is 7.99. The molecule has 120 valence electrons. The van der Waals surface area contributed by atoms with Crippen molar-refractivity contribution >= 4 is 33.2 Å². The third-order valence-corrected chi connectivity index (χ3v) is 6.42. The van der Waals surface area contributed by atoms with Gasteiger partial charge in [0, 0.05) is 27.5 Å². The summed E-state index contributed by atoms with van der Waals surface area (Å²) in [6, 6.07) is 8.14. The molecular formula is C15H24ClNO2S2. The molecule has 21 heavy (non-hydrogen) atoms. The first-order valence-electron chi connectivity index (χ1n) is 7.29. The summed E-state index contributed by atoms with van der Waals surface area (Å²) < 4.78 is 23.0. The Hall–Kier alpha value is -0.230. The van der Waals surface area contributed by atoms with Crippen molar-refractivity contribution in [3.05, 3.63) is 29.3 Å². The first-order valence-corrected chi connectivity index (χ1v) is 10.5. The van der Waals surface area contributed by atoms with Gasteiger partial charge in [-0.05, 0) is 43.7 Å². The van der Waals surface area contributed by atoms with Gasteiger partial charge in [-0.3, -0.25) is 0 Å². The Morgan fingerprint density at radius 3 is 2.48 bits per heavy atom. The van der Waals surface area contributed by atoms with Crippen LogP contribution in [0.5, 0.6) is 0 Å². The van der Waals surface area contributed by atoms with Gasteiger partial charge >= 0.3 is 0 Å². The number of halogens is 1. The van der Waals surface area contributed by atoms with Gasteiger partial charge < -0.3 is 5.32 Å². The molecule has 0 aliphatic carbocycles. The van der Waals surface area contributed by atoms with Crippen LogP contribution in [-0.2, 0) is 9.84 Å². The minimum atomic E-state index is -2.85. The van der Waals surface area contributed by atoms with E-state index in [0.29, 0.717) is 6.04 Å². The Kier molecular flexibility index (Phi) is 8.71. The Labute approximate surface area is 137 Å². The van der Waals surface area contributed by atoms with Gasteiger partial charge in [-0.2, -0.15) is 0 Å². The van der Waals surface area contributed by atoms with Crippen LogP contribution in [0.3, 0.4) is 0 Å². The maximum absolute atomic E-state index is 11.5. The zero-order valence-electron chi connectivity index (χ0n) is 12.6. The summed E-state index contributed by atoms with van der Waals surface area (Å²) in [5, 5.41) is 4.17. The number of rotatable bonds is 10. The fraction of sp³-hybridized carbons (Fsp3) is 0.600. The summed E-state index contributed by atoms with van der Waals surface area (Å²) in [6.45, 7) is 4.67. The van der Waals surface area contributed by atoms with Crippen molar-refractivity contribution in [1.82, 2.24) is 5.32 Å². The molecule has 0 heterocycles. The van der Waals surface area contributed by atoms with E-state index in [0.717, 1.165) is 30.2 Å². The second-order valence-corrected chi connectivity index (χ2v) is 8.90. The first-order chi connectivity index (χ1) is 9.96. The molecule has 0 aromatic heterocycles. The molecule has 1 aromatic carbocycles. The molecule has 0 fully saturated rings. The molecule has 0 spiro atoms. The minimum absolute atomic E-state index is 0.235. The van der Waals surface area contributed by atoms with Gasteiger partial charge in [-0.1, -0.05) is 25.4 Å². The topological polar surface area (TPSA) is 46.2 Å². The van der Waals surface area contributed by atoms with Crippen molar-refractivity contribution < 1.29 is 8.42 Å². The van der Waals surface area contributed by atoms with Gasteiger partial charge in [0.1, 0.15) is 9.84 Å². The molecule has 0 amide bonds. The van der Waals surface area contributed by atoms with Crippen LogP contribution in [0.1, 0.15) is 26.7 Å². The van der Waals surface area contributed by atoms with E-state index in [1.165, 1.54) is 4.90 Å². The summed E-state index contributed by atoms with van der Waals surface area (Å²) in [7, 11) is -2.85. The van der Waals surface area contributed by atoms with Gasteiger partial charge in [-0.25, -0.2) is 8.42 Å². The van der Waals surface area contributed by atoms with Crippen LogP contribution in [0.15, 0.2) is 29.2 Å². The predicted octanol–water partition coefficient (Wildman–Crippen LogP) is 3.63. The van der Waals surface area contributed by atoms with Gasteiger partial charge in [0.2, 0.25) is 0 Å². The standard InChI is InChI=1S/C15H24ClNO2S2/c1-3-17-14(6-5-11-21(18,19)4-2)12-20-15-9-7-13(16)8-10-15/h7-10,14,17H,3-6,11-12H2,1-2H3. The van der Waals surface area contributed by atoms with Crippen LogP contribution in [0.2, 0.25) is 5.02 Å². The van der Waals surface area contributed by atoms with Crippen molar-refractivity contribution in [2.75, 3.05) is 23.8 Å². The van der Waals surface area contributed by atoms with Crippen LogP contribution in [-0.4, -0.2) is 38.3 Å². The van der Waals surface area contributed by atoms with Crippen molar-refractivity contribution in [1.29, 1.82) is 0 Å². The molecule has 0 bridgehead atoms. The normalized spacial score (nSPS) is 13.3. The molecule has 0 aliphatic rings. The number of hydrogen-bond donors (Lipinski definition) is 1. The zero-order valence-corrected chi connectivity index (χ0v) is 15.0. The third-order valence-electron chi connectivity index (χ3n) is 3.21. The van der Waals surface area contributed by atoms with Crippen molar-refractivity contribution in [2.45, 2.75) is 37.6 Å². The molecule has 0 radical (unpaired) electrons. The van der Waals surface area contributed by atoms with Crippen molar-refractivity contribution in [2.24, 2.45) is 0 Å². The van der Waals surface area contributed by atoms with E-state index in [9.17, 15) is 8.42 Å². The second kappa shape index (κ2) is 9.72. The van der Waals surface area contributed by atoms with Crippen molar-refractivity contribution in [3.63, 3.8) is 0 Å². The highest BCUT2D eigenvalue weighted by Gasteiger charge is 2.12. The van der Waals surface area contributed by atoms with Gasteiger partial charge in [0.25, 0.3) is 0 Å². The van der Waals surface area contributed by atoms with Gasteiger partial charge in [-0.15, -0.1) is 11.8 Å². The quantitative estimate of drug-likeness (QED) is 0.655. The fourth-order valence-corrected chi connectivity index (χ4v) is 3.98. The third kappa shape index (κ3) is 8.10. The predicted molar refractivity (Wildman–Crippen MR) is 93.2 cm³/mol. The summed E-state index contributed by atoms with van der Waals surface area (Å²) in [6.07, 6.45) is 1.60. The van der Waals surface area contributed by atoms with Crippen LogP contribution >= 0.6 is 23.4 Å². The first kappa shape index (κ1) is 18.8. The number of nitrogens with one attached hydrogen (secondary N) is 1. The molecule has 1 aromatic rings. The SMILES string of the molecule is CCNC(CCCS(=O)(=O)CC)CSc1ccc(Cl)cc1. The van der Waals surface area contributed by atoms with Crippen molar-refractivity contribution in [3.8, 4) is 0 Å². The molecule has 3 nitrogen and oxygen atoms in total. The highest BCUT2D eigenvalue weighted by atomic mass is 35.5. The summed E-state index contributed by atoms with van der Waals surface area (Å²) >= 11 is 7.64. The Bertz CT molecular complexity index is 503. The fourth-order valence-electron chi connectivity index (χ4n) is 1.95. The van der Waals surface area contributed by atoms with E-state index in [1.54, 1.807) is 18.7 Å². The molecule has 6 heteroatoms.